The highest BCUT2D eigenvalue weighted by Gasteiger charge is 2.07. The molecule has 0 aliphatic carbocycles. The molecule has 0 heterocycles. The van der Waals surface area contributed by atoms with Crippen LogP contribution in [0.2, 0.25) is 0 Å². The van der Waals surface area contributed by atoms with Gasteiger partial charge in [-0.15, -0.1) is 0 Å². The predicted octanol–water partition coefficient (Wildman–Crippen LogP) is 2.93. The van der Waals surface area contributed by atoms with Gasteiger partial charge >= 0.3 is 5.97 Å². The summed E-state index contributed by atoms with van der Waals surface area (Å²) >= 11 is 0. The number of hydrogen-bond acceptors (Lipinski definition) is 3. The maximum absolute atomic E-state index is 10.6. The molecule has 0 spiro atoms. The molecule has 104 valence electrons. The summed E-state index contributed by atoms with van der Waals surface area (Å²) in [6, 6.07) is 13.4. The number of carboxylic acids is 1. The fourth-order valence-corrected chi connectivity index (χ4v) is 2.19. The SMILES string of the molecule is Nc1ccc(-c2ccc(N)cc2CCCC(=O)O)cc1. The van der Waals surface area contributed by atoms with Gasteiger partial charge in [-0.25, -0.2) is 0 Å². The van der Waals surface area contributed by atoms with Gasteiger partial charge in [-0.05, 0) is 53.8 Å². The molecule has 0 radical (unpaired) electrons. The molecule has 20 heavy (non-hydrogen) atoms. The fraction of sp³-hybridized carbons (Fsp3) is 0.188. The molecule has 0 atom stereocenters. The Morgan fingerprint density at radius 1 is 1.00 bits per heavy atom. The zero-order valence-corrected chi connectivity index (χ0v) is 11.2. The topological polar surface area (TPSA) is 89.3 Å². The lowest BCUT2D eigenvalue weighted by Crippen LogP contribution is -1.98. The molecule has 5 N–H and O–H groups in total. The van der Waals surface area contributed by atoms with Gasteiger partial charge in [0.05, 0.1) is 0 Å². The molecule has 0 saturated carbocycles. The number of aryl methyl sites for hydroxylation is 1. The van der Waals surface area contributed by atoms with Crippen molar-refractivity contribution in [3.05, 3.63) is 48.0 Å². The van der Waals surface area contributed by atoms with E-state index in [1.165, 1.54) is 0 Å². The van der Waals surface area contributed by atoms with Gasteiger partial charge in [0.1, 0.15) is 0 Å². The Bertz CT molecular complexity index is 606. The summed E-state index contributed by atoms with van der Waals surface area (Å²) in [5.74, 6) is -0.775. The summed E-state index contributed by atoms with van der Waals surface area (Å²) in [6.07, 6.45) is 1.45. The third kappa shape index (κ3) is 3.51. The second-order valence-electron chi connectivity index (χ2n) is 4.79. The molecule has 2 aromatic carbocycles. The van der Waals surface area contributed by atoms with Gasteiger partial charge in [0.15, 0.2) is 0 Å². The second-order valence-corrected chi connectivity index (χ2v) is 4.79. The molecule has 0 amide bonds. The molecule has 0 aliphatic rings. The highest BCUT2D eigenvalue weighted by Crippen LogP contribution is 2.27. The van der Waals surface area contributed by atoms with Crippen molar-refractivity contribution >= 4 is 17.3 Å². The van der Waals surface area contributed by atoms with E-state index in [1.807, 2.05) is 42.5 Å². The average Bonchev–Trinajstić information content (AvgIpc) is 2.40. The van der Waals surface area contributed by atoms with Crippen LogP contribution in [0.15, 0.2) is 42.5 Å². The lowest BCUT2D eigenvalue weighted by atomic mass is 9.95. The van der Waals surface area contributed by atoms with E-state index in [0.29, 0.717) is 18.5 Å². The summed E-state index contributed by atoms with van der Waals surface area (Å²) in [5.41, 5.74) is 16.1. The Morgan fingerprint density at radius 3 is 2.30 bits per heavy atom. The third-order valence-corrected chi connectivity index (χ3v) is 3.19. The van der Waals surface area contributed by atoms with Crippen molar-refractivity contribution in [2.45, 2.75) is 19.3 Å². The van der Waals surface area contributed by atoms with Gasteiger partial charge in [0.25, 0.3) is 0 Å². The number of nitrogens with two attached hydrogens (primary N) is 2. The second kappa shape index (κ2) is 6.10. The van der Waals surface area contributed by atoms with Crippen LogP contribution in [0.4, 0.5) is 11.4 Å². The first-order valence-corrected chi connectivity index (χ1v) is 6.52. The van der Waals surface area contributed by atoms with Crippen LogP contribution in [-0.4, -0.2) is 11.1 Å². The standard InChI is InChI=1S/C16H18N2O2/c17-13-6-4-11(5-7-13)15-9-8-14(18)10-12(15)2-1-3-16(19)20/h4-10H,1-3,17-18H2,(H,19,20). The van der Waals surface area contributed by atoms with Crippen molar-refractivity contribution in [2.75, 3.05) is 11.5 Å². The van der Waals surface area contributed by atoms with Gasteiger partial charge < -0.3 is 16.6 Å². The van der Waals surface area contributed by atoms with Crippen molar-refractivity contribution in [1.82, 2.24) is 0 Å². The van der Waals surface area contributed by atoms with Crippen LogP contribution in [0.1, 0.15) is 18.4 Å². The third-order valence-electron chi connectivity index (χ3n) is 3.19. The van der Waals surface area contributed by atoms with Crippen molar-refractivity contribution in [2.24, 2.45) is 0 Å². The molecule has 2 rings (SSSR count). The van der Waals surface area contributed by atoms with Crippen LogP contribution in [0, 0.1) is 0 Å². The van der Waals surface area contributed by atoms with E-state index in [4.69, 9.17) is 16.6 Å². The number of anilines is 2. The summed E-state index contributed by atoms with van der Waals surface area (Å²) < 4.78 is 0. The molecule has 0 bridgehead atoms. The number of carboxylic acid groups (broad SMARTS) is 1. The molecule has 0 aromatic heterocycles. The molecule has 0 saturated heterocycles. The fourth-order valence-electron chi connectivity index (χ4n) is 2.19. The number of aliphatic carboxylic acids is 1. The first-order chi connectivity index (χ1) is 9.56. The highest BCUT2D eigenvalue weighted by atomic mass is 16.4. The predicted molar refractivity (Wildman–Crippen MR) is 81.3 cm³/mol. The number of hydrogen-bond donors (Lipinski definition) is 3. The smallest absolute Gasteiger partial charge is 0.303 e. The molecule has 0 unspecified atom stereocenters. The largest absolute Gasteiger partial charge is 0.481 e. The molecular formula is C16H18N2O2. The van der Waals surface area contributed by atoms with Gasteiger partial charge in [-0.1, -0.05) is 18.2 Å². The monoisotopic (exact) mass is 270 g/mol. The minimum atomic E-state index is -0.775. The minimum absolute atomic E-state index is 0.163. The molecule has 4 heteroatoms. The van der Waals surface area contributed by atoms with Crippen LogP contribution in [0.5, 0.6) is 0 Å². The Labute approximate surface area is 118 Å². The van der Waals surface area contributed by atoms with Gasteiger partial charge in [-0.2, -0.15) is 0 Å². The number of carbonyl (C=O) groups is 1. The maximum Gasteiger partial charge on any atom is 0.303 e. The van der Waals surface area contributed by atoms with E-state index in [2.05, 4.69) is 0 Å². The normalized spacial score (nSPS) is 10.4. The van der Waals surface area contributed by atoms with E-state index < -0.39 is 5.97 Å². The van der Waals surface area contributed by atoms with Gasteiger partial charge in [-0.3, -0.25) is 4.79 Å². The van der Waals surface area contributed by atoms with E-state index >= 15 is 0 Å². The first-order valence-electron chi connectivity index (χ1n) is 6.52. The van der Waals surface area contributed by atoms with Gasteiger partial charge in [0.2, 0.25) is 0 Å². The first kappa shape index (κ1) is 13.9. The van der Waals surface area contributed by atoms with Crippen molar-refractivity contribution in [1.29, 1.82) is 0 Å². The van der Waals surface area contributed by atoms with E-state index in [-0.39, 0.29) is 6.42 Å². The lowest BCUT2D eigenvalue weighted by molar-refractivity contribution is -0.137. The Kier molecular flexibility index (Phi) is 4.25. The minimum Gasteiger partial charge on any atom is -0.481 e. The van der Waals surface area contributed by atoms with E-state index in [9.17, 15) is 4.79 Å². The van der Waals surface area contributed by atoms with E-state index in [1.54, 1.807) is 0 Å². The lowest BCUT2D eigenvalue weighted by Gasteiger charge is -2.11. The zero-order chi connectivity index (χ0) is 14.5. The average molecular weight is 270 g/mol. The van der Waals surface area contributed by atoms with Crippen molar-refractivity contribution in [3.8, 4) is 11.1 Å². The molecule has 0 fully saturated rings. The summed E-state index contributed by atoms with van der Waals surface area (Å²) in [6.45, 7) is 0. The van der Waals surface area contributed by atoms with Crippen molar-refractivity contribution in [3.63, 3.8) is 0 Å². The zero-order valence-electron chi connectivity index (χ0n) is 11.2. The number of rotatable bonds is 5. The Morgan fingerprint density at radius 2 is 1.65 bits per heavy atom. The number of benzene rings is 2. The summed E-state index contributed by atoms with van der Waals surface area (Å²) in [5, 5.41) is 8.72. The maximum atomic E-state index is 10.6. The van der Waals surface area contributed by atoms with Crippen LogP contribution in [-0.2, 0) is 11.2 Å². The highest BCUT2D eigenvalue weighted by molar-refractivity contribution is 5.71. The molecule has 2 aromatic rings. The van der Waals surface area contributed by atoms with Crippen LogP contribution < -0.4 is 11.5 Å². The van der Waals surface area contributed by atoms with Crippen LogP contribution in [0.25, 0.3) is 11.1 Å². The summed E-state index contributed by atoms with van der Waals surface area (Å²) in [7, 11) is 0. The Hall–Kier alpha value is -2.49. The van der Waals surface area contributed by atoms with Crippen LogP contribution in [0.3, 0.4) is 0 Å². The molecule has 4 nitrogen and oxygen atoms in total. The van der Waals surface area contributed by atoms with Crippen LogP contribution >= 0.6 is 0 Å². The number of nitrogen functional groups attached to an aromatic ring is 2. The van der Waals surface area contributed by atoms with Crippen molar-refractivity contribution < 1.29 is 9.90 Å². The van der Waals surface area contributed by atoms with E-state index in [0.717, 1.165) is 22.4 Å². The Balaban J connectivity index is 2.27. The molecule has 0 aliphatic heterocycles. The summed E-state index contributed by atoms with van der Waals surface area (Å²) in [4.78, 5) is 10.6. The quantitative estimate of drug-likeness (QED) is 0.729. The van der Waals surface area contributed by atoms with Gasteiger partial charge in [0, 0.05) is 17.8 Å². The molecular weight excluding hydrogens is 252 g/mol.